The zero-order chi connectivity index (χ0) is 17.4. The molecule has 1 N–H and O–H groups in total. The molecule has 25 heavy (non-hydrogen) atoms. The van der Waals surface area contributed by atoms with Gasteiger partial charge in [-0.15, -0.1) is 0 Å². The van der Waals surface area contributed by atoms with Crippen molar-refractivity contribution >= 4 is 23.4 Å². The van der Waals surface area contributed by atoms with E-state index in [-0.39, 0.29) is 5.41 Å². The minimum Gasteiger partial charge on any atom is -0.465 e. The molecule has 0 atom stereocenters. The number of carboxylic acid groups (broad SMARTS) is 1. The molecule has 4 nitrogen and oxygen atoms in total. The predicted molar refractivity (Wildman–Crippen MR) is 99.5 cm³/mol. The van der Waals surface area contributed by atoms with Crippen molar-refractivity contribution in [2.24, 2.45) is 0 Å². The number of rotatable bonds is 2. The van der Waals surface area contributed by atoms with Crippen LogP contribution >= 0.6 is 11.6 Å². The lowest BCUT2D eigenvalue weighted by Gasteiger charge is -2.39. The Hall–Kier alpha value is -2.20. The summed E-state index contributed by atoms with van der Waals surface area (Å²) in [6.07, 6.45) is 0.871. The lowest BCUT2D eigenvalue weighted by Crippen LogP contribution is -2.46. The first-order chi connectivity index (χ1) is 12.1. The van der Waals surface area contributed by atoms with Gasteiger partial charge in [-0.1, -0.05) is 41.9 Å². The molecule has 1 amide bonds. The van der Waals surface area contributed by atoms with E-state index in [9.17, 15) is 9.90 Å². The van der Waals surface area contributed by atoms with Crippen molar-refractivity contribution in [3.05, 3.63) is 64.7 Å². The molecule has 5 heteroatoms. The molecule has 2 aliphatic rings. The summed E-state index contributed by atoms with van der Waals surface area (Å²) in [7, 11) is 0. The number of fused-ring (bicyclic) bond motifs is 2. The fraction of sp³-hybridized carbons (Fsp3) is 0.350. The SMILES string of the molecule is O=C(O)N1CCC2(CC1)CN(Cc1ccccc1)c1ccc(Cl)cc12. The average Bonchev–Trinajstić information content (AvgIpc) is 2.89. The van der Waals surface area contributed by atoms with Crippen LogP contribution in [0.25, 0.3) is 0 Å². The van der Waals surface area contributed by atoms with Crippen molar-refractivity contribution in [1.29, 1.82) is 0 Å². The van der Waals surface area contributed by atoms with E-state index < -0.39 is 6.09 Å². The van der Waals surface area contributed by atoms with Crippen LogP contribution in [0.15, 0.2) is 48.5 Å². The van der Waals surface area contributed by atoms with E-state index in [4.69, 9.17) is 11.6 Å². The lowest BCUT2D eigenvalue weighted by molar-refractivity contribution is 0.119. The highest BCUT2D eigenvalue weighted by atomic mass is 35.5. The highest BCUT2D eigenvalue weighted by Crippen LogP contribution is 2.48. The summed E-state index contributed by atoms with van der Waals surface area (Å²) < 4.78 is 0. The van der Waals surface area contributed by atoms with Gasteiger partial charge in [0.1, 0.15) is 0 Å². The lowest BCUT2D eigenvalue weighted by atomic mass is 9.74. The number of piperidine rings is 1. The third-order valence-electron chi connectivity index (χ3n) is 5.57. The number of carbonyl (C=O) groups is 1. The van der Waals surface area contributed by atoms with E-state index >= 15 is 0 Å². The smallest absolute Gasteiger partial charge is 0.407 e. The van der Waals surface area contributed by atoms with Crippen molar-refractivity contribution in [2.45, 2.75) is 24.8 Å². The predicted octanol–water partition coefficient (Wildman–Crippen LogP) is 4.37. The molecule has 130 valence electrons. The van der Waals surface area contributed by atoms with Crippen LogP contribution in [0.3, 0.4) is 0 Å². The number of anilines is 1. The molecule has 0 bridgehead atoms. The Morgan fingerprint density at radius 2 is 1.84 bits per heavy atom. The molecule has 1 spiro atoms. The normalized spacial score (nSPS) is 18.4. The van der Waals surface area contributed by atoms with Gasteiger partial charge < -0.3 is 14.9 Å². The van der Waals surface area contributed by atoms with Gasteiger partial charge in [-0.25, -0.2) is 4.79 Å². The van der Waals surface area contributed by atoms with Crippen LogP contribution in [0, 0.1) is 0 Å². The van der Waals surface area contributed by atoms with Crippen LogP contribution in [0.2, 0.25) is 5.02 Å². The first-order valence-electron chi connectivity index (χ1n) is 8.64. The molecule has 4 rings (SSSR count). The summed E-state index contributed by atoms with van der Waals surface area (Å²) in [6.45, 7) is 2.95. The van der Waals surface area contributed by atoms with Crippen LogP contribution < -0.4 is 4.90 Å². The van der Waals surface area contributed by atoms with Crippen molar-refractivity contribution in [2.75, 3.05) is 24.5 Å². The molecule has 2 aromatic rings. The largest absolute Gasteiger partial charge is 0.465 e. The van der Waals surface area contributed by atoms with Gasteiger partial charge in [-0.3, -0.25) is 0 Å². The van der Waals surface area contributed by atoms with Gasteiger partial charge in [0, 0.05) is 42.3 Å². The first kappa shape index (κ1) is 16.3. The Morgan fingerprint density at radius 3 is 2.52 bits per heavy atom. The molecule has 1 fully saturated rings. The van der Waals surface area contributed by atoms with Gasteiger partial charge in [0.25, 0.3) is 0 Å². The summed E-state index contributed by atoms with van der Waals surface area (Å²) >= 11 is 6.29. The minimum atomic E-state index is -0.819. The second-order valence-electron chi connectivity index (χ2n) is 7.05. The van der Waals surface area contributed by atoms with Gasteiger partial charge in [0.15, 0.2) is 0 Å². The van der Waals surface area contributed by atoms with Crippen LogP contribution in [0.5, 0.6) is 0 Å². The molecule has 0 saturated carbocycles. The van der Waals surface area contributed by atoms with E-state index in [1.165, 1.54) is 21.7 Å². The van der Waals surface area contributed by atoms with Crippen LogP contribution in [-0.4, -0.2) is 35.7 Å². The number of hydrogen-bond acceptors (Lipinski definition) is 2. The molecule has 0 aliphatic carbocycles. The molecule has 0 aromatic heterocycles. The third kappa shape index (κ3) is 2.95. The van der Waals surface area contributed by atoms with Crippen molar-refractivity contribution in [1.82, 2.24) is 4.90 Å². The minimum absolute atomic E-state index is 0.000956. The second-order valence-corrected chi connectivity index (χ2v) is 7.49. The Kier molecular flexibility index (Phi) is 4.08. The van der Waals surface area contributed by atoms with E-state index in [1.54, 1.807) is 0 Å². The van der Waals surface area contributed by atoms with Gasteiger partial charge in [-0.2, -0.15) is 0 Å². The first-order valence-corrected chi connectivity index (χ1v) is 9.02. The quantitative estimate of drug-likeness (QED) is 0.868. The fourth-order valence-corrected chi connectivity index (χ4v) is 4.41. The van der Waals surface area contributed by atoms with Gasteiger partial charge in [0.05, 0.1) is 0 Å². The third-order valence-corrected chi connectivity index (χ3v) is 5.81. The molecular weight excluding hydrogens is 336 g/mol. The Labute approximate surface area is 152 Å². The fourth-order valence-electron chi connectivity index (χ4n) is 4.24. The maximum absolute atomic E-state index is 11.3. The second kappa shape index (κ2) is 6.26. The van der Waals surface area contributed by atoms with Gasteiger partial charge in [-0.05, 0) is 42.2 Å². The molecule has 2 aromatic carbocycles. The molecule has 1 saturated heterocycles. The van der Waals surface area contributed by atoms with E-state index in [0.717, 1.165) is 31.0 Å². The summed E-state index contributed by atoms with van der Waals surface area (Å²) in [5.74, 6) is 0. The van der Waals surface area contributed by atoms with Crippen LogP contribution in [0.1, 0.15) is 24.0 Å². The zero-order valence-corrected chi connectivity index (χ0v) is 14.7. The average molecular weight is 357 g/mol. The molecule has 0 unspecified atom stereocenters. The van der Waals surface area contributed by atoms with Crippen LogP contribution in [-0.2, 0) is 12.0 Å². The molecular formula is C20H21ClN2O2. The Bertz CT molecular complexity index is 786. The Balaban J connectivity index is 1.64. The number of hydrogen-bond donors (Lipinski definition) is 1. The number of nitrogens with zero attached hydrogens (tertiary/aromatic N) is 2. The molecule has 0 radical (unpaired) electrons. The number of halogens is 1. The van der Waals surface area contributed by atoms with Gasteiger partial charge in [0.2, 0.25) is 0 Å². The summed E-state index contributed by atoms with van der Waals surface area (Å²) in [5, 5.41) is 10.0. The number of likely N-dealkylation sites (tertiary alicyclic amines) is 1. The zero-order valence-electron chi connectivity index (χ0n) is 14.0. The summed E-state index contributed by atoms with van der Waals surface area (Å²) in [4.78, 5) is 15.2. The van der Waals surface area contributed by atoms with Gasteiger partial charge >= 0.3 is 6.09 Å². The van der Waals surface area contributed by atoms with Crippen LogP contribution in [0.4, 0.5) is 10.5 Å². The maximum Gasteiger partial charge on any atom is 0.407 e. The topological polar surface area (TPSA) is 43.8 Å². The monoisotopic (exact) mass is 356 g/mol. The molecule has 2 aliphatic heterocycles. The number of amides is 1. The summed E-state index contributed by atoms with van der Waals surface area (Å²) in [5.41, 5.74) is 3.79. The van der Waals surface area contributed by atoms with Crippen molar-refractivity contribution in [3.63, 3.8) is 0 Å². The van der Waals surface area contributed by atoms with E-state index in [0.29, 0.717) is 13.1 Å². The highest BCUT2D eigenvalue weighted by molar-refractivity contribution is 6.30. The van der Waals surface area contributed by atoms with Crippen molar-refractivity contribution < 1.29 is 9.90 Å². The Morgan fingerprint density at radius 1 is 1.12 bits per heavy atom. The van der Waals surface area contributed by atoms with Crippen molar-refractivity contribution in [3.8, 4) is 0 Å². The van der Waals surface area contributed by atoms with E-state index in [1.807, 2.05) is 12.1 Å². The molecule has 2 heterocycles. The standard InChI is InChI=1S/C20H21ClN2O2/c21-16-6-7-18-17(12-16)20(8-10-22(11-9-20)19(24)25)14-23(18)13-15-4-2-1-3-5-15/h1-7,12H,8-11,13-14H2,(H,24,25). The highest BCUT2D eigenvalue weighted by Gasteiger charge is 2.45. The number of benzene rings is 2. The summed E-state index contributed by atoms with van der Waals surface area (Å²) in [6, 6.07) is 16.6. The van der Waals surface area contributed by atoms with E-state index in [2.05, 4.69) is 41.3 Å². The maximum atomic E-state index is 11.3.